The fourth-order valence-electron chi connectivity index (χ4n) is 2.11. The molecule has 0 aromatic heterocycles. The van der Waals surface area contributed by atoms with Crippen LogP contribution in [0.1, 0.15) is 19.3 Å². The van der Waals surface area contributed by atoms with Gasteiger partial charge in [-0.05, 0) is 19.3 Å². The van der Waals surface area contributed by atoms with Crippen molar-refractivity contribution in [2.24, 2.45) is 0 Å². The third kappa shape index (κ3) is 1.15. The fraction of sp³-hybridized carbons (Fsp3) is 0.750. The zero-order valence-electron chi connectivity index (χ0n) is 7.45. The molecule has 0 bridgehead atoms. The number of nitrogens with one attached hydrogen (secondary N) is 1. The molecule has 3 amide bonds. The molecule has 2 unspecified atom stereocenters. The first-order valence-electron chi connectivity index (χ1n) is 4.41. The van der Waals surface area contributed by atoms with Gasteiger partial charge >= 0.3 is 12.1 Å². The molecule has 5 heteroatoms. The molecule has 1 aliphatic heterocycles. The van der Waals surface area contributed by atoms with Crippen molar-refractivity contribution < 1.29 is 14.3 Å². The predicted molar refractivity (Wildman–Crippen MR) is 44.2 cm³/mol. The number of rotatable bonds is 0. The summed E-state index contributed by atoms with van der Waals surface area (Å²) in [5.41, 5.74) is 0. The third-order valence-corrected chi connectivity index (χ3v) is 2.71. The Morgan fingerprint density at radius 2 is 2.38 bits per heavy atom. The molecule has 2 fully saturated rings. The van der Waals surface area contributed by atoms with E-state index in [1.54, 1.807) is 0 Å². The van der Waals surface area contributed by atoms with E-state index in [4.69, 9.17) is 0 Å². The Labute approximate surface area is 76.0 Å². The van der Waals surface area contributed by atoms with E-state index in [1.165, 1.54) is 12.0 Å². The molecule has 1 saturated heterocycles. The first-order chi connectivity index (χ1) is 6.24. The summed E-state index contributed by atoms with van der Waals surface area (Å²) in [6.45, 7) is 0. The van der Waals surface area contributed by atoms with Crippen LogP contribution in [-0.4, -0.2) is 36.2 Å². The summed E-state index contributed by atoms with van der Waals surface area (Å²) in [5.74, 6) is 0. The summed E-state index contributed by atoms with van der Waals surface area (Å²) in [5, 5.41) is 2.77. The van der Waals surface area contributed by atoms with E-state index in [-0.39, 0.29) is 18.1 Å². The number of methoxy groups -OCH3 is 1. The minimum Gasteiger partial charge on any atom is -0.452 e. The largest absolute Gasteiger partial charge is 0.452 e. The topological polar surface area (TPSA) is 58.6 Å². The lowest BCUT2D eigenvalue weighted by Gasteiger charge is -2.17. The Morgan fingerprint density at radius 3 is 3.08 bits per heavy atom. The molecule has 0 aromatic rings. The normalized spacial score (nSPS) is 31.5. The second-order valence-electron chi connectivity index (χ2n) is 3.39. The van der Waals surface area contributed by atoms with E-state index in [0.717, 1.165) is 19.3 Å². The van der Waals surface area contributed by atoms with Gasteiger partial charge in [-0.2, -0.15) is 0 Å². The number of nitrogens with zero attached hydrogens (tertiary/aromatic N) is 1. The lowest BCUT2D eigenvalue weighted by atomic mass is 10.2. The van der Waals surface area contributed by atoms with E-state index < -0.39 is 6.09 Å². The van der Waals surface area contributed by atoms with Crippen LogP contribution < -0.4 is 5.32 Å². The quantitative estimate of drug-likeness (QED) is 0.602. The minimum absolute atomic E-state index is 0.0138. The van der Waals surface area contributed by atoms with Crippen molar-refractivity contribution in [3.8, 4) is 0 Å². The third-order valence-electron chi connectivity index (χ3n) is 2.71. The second kappa shape index (κ2) is 2.90. The Hall–Kier alpha value is -1.26. The van der Waals surface area contributed by atoms with E-state index in [0.29, 0.717) is 0 Å². The summed E-state index contributed by atoms with van der Waals surface area (Å²) >= 11 is 0. The van der Waals surface area contributed by atoms with Gasteiger partial charge in [-0.25, -0.2) is 14.5 Å². The van der Waals surface area contributed by atoms with Gasteiger partial charge in [0.2, 0.25) is 0 Å². The van der Waals surface area contributed by atoms with Crippen molar-refractivity contribution in [3.63, 3.8) is 0 Å². The number of carbonyl (C=O) groups excluding carboxylic acids is 2. The standard InChI is InChI=1S/C8H12N2O3/c1-13-8(12)10-6-4-2-3-5(6)9-7(10)11/h5-6H,2-4H2,1H3,(H,9,11). The summed E-state index contributed by atoms with van der Waals surface area (Å²) in [7, 11) is 1.29. The van der Waals surface area contributed by atoms with Gasteiger partial charge in [-0.15, -0.1) is 0 Å². The zero-order valence-corrected chi connectivity index (χ0v) is 7.45. The predicted octanol–water partition coefficient (Wildman–Crippen LogP) is 0.699. The summed E-state index contributed by atoms with van der Waals surface area (Å²) in [4.78, 5) is 23.7. The van der Waals surface area contributed by atoms with Crippen LogP contribution in [0.2, 0.25) is 0 Å². The van der Waals surface area contributed by atoms with Crippen molar-refractivity contribution in [3.05, 3.63) is 0 Å². The number of imide groups is 1. The molecule has 2 rings (SSSR count). The Balaban J connectivity index is 2.16. The van der Waals surface area contributed by atoms with E-state index in [9.17, 15) is 9.59 Å². The Bertz CT molecular complexity index is 246. The van der Waals surface area contributed by atoms with E-state index >= 15 is 0 Å². The van der Waals surface area contributed by atoms with Crippen LogP contribution in [0.5, 0.6) is 0 Å². The van der Waals surface area contributed by atoms with Gasteiger partial charge in [-0.3, -0.25) is 0 Å². The minimum atomic E-state index is -0.549. The van der Waals surface area contributed by atoms with E-state index in [1.807, 2.05) is 0 Å². The molecule has 72 valence electrons. The maximum atomic E-state index is 11.3. The summed E-state index contributed by atoms with van der Waals surface area (Å²) in [6, 6.07) is -0.159. The van der Waals surface area contributed by atoms with Gasteiger partial charge in [0.1, 0.15) is 0 Å². The molecule has 1 N–H and O–H groups in total. The molecule has 1 saturated carbocycles. The van der Waals surface area contributed by atoms with Crippen molar-refractivity contribution in [2.45, 2.75) is 31.3 Å². The number of carbonyl (C=O) groups is 2. The van der Waals surface area contributed by atoms with Crippen LogP contribution in [0.25, 0.3) is 0 Å². The number of hydrogen-bond donors (Lipinski definition) is 1. The van der Waals surface area contributed by atoms with E-state index in [2.05, 4.69) is 10.1 Å². The molecule has 0 radical (unpaired) electrons. The molecule has 2 aliphatic rings. The highest BCUT2D eigenvalue weighted by Gasteiger charge is 2.45. The average Bonchev–Trinajstić information content (AvgIpc) is 2.62. The first-order valence-corrected chi connectivity index (χ1v) is 4.41. The highest BCUT2D eigenvalue weighted by atomic mass is 16.5. The number of hydrogen-bond acceptors (Lipinski definition) is 3. The van der Waals surface area contributed by atoms with Crippen LogP contribution in [0, 0.1) is 0 Å². The highest BCUT2D eigenvalue weighted by molar-refractivity contribution is 5.93. The molecule has 1 aliphatic carbocycles. The van der Waals surface area contributed by atoms with Crippen LogP contribution in [-0.2, 0) is 4.74 Å². The molecule has 5 nitrogen and oxygen atoms in total. The monoisotopic (exact) mass is 184 g/mol. The van der Waals surface area contributed by atoms with Gasteiger partial charge < -0.3 is 10.1 Å². The molecule has 13 heavy (non-hydrogen) atoms. The summed E-state index contributed by atoms with van der Waals surface area (Å²) in [6.07, 6.45) is 2.36. The average molecular weight is 184 g/mol. The Kier molecular flexibility index (Phi) is 1.86. The van der Waals surface area contributed by atoms with Crippen LogP contribution in [0.3, 0.4) is 0 Å². The number of ether oxygens (including phenoxy) is 1. The number of amides is 3. The zero-order chi connectivity index (χ0) is 9.42. The molecule has 0 spiro atoms. The van der Waals surface area contributed by atoms with Crippen molar-refractivity contribution in [1.82, 2.24) is 10.2 Å². The fourth-order valence-corrected chi connectivity index (χ4v) is 2.11. The van der Waals surface area contributed by atoms with Gasteiger partial charge in [-0.1, -0.05) is 0 Å². The van der Waals surface area contributed by atoms with Gasteiger partial charge in [0.05, 0.1) is 19.2 Å². The molecule has 2 atom stereocenters. The number of urea groups is 1. The SMILES string of the molecule is COC(=O)N1C(=O)NC2CCCC21. The van der Waals surface area contributed by atoms with Crippen LogP contribution in [0.15, 0.2) is 0 Å². The van der Waals surface area contributed by atoms with Crippen molar-refractivity contribution in [1.29, 1.82) is 0 Å². The second-order valence-corrected chi connectivity index (χ2v) is 3.39. The highest BCUT2D eigenvalue weighted by Crippen LogP contribution is 2.29. The Morgan fingerprint density at radius 1 is 1.62 bits per heavy atom. The number of fused-ring (bicyclic) bond motifs is 1. The van der Waals surface area contributed by atoms with Gasteiger partial charge in [0, 0.05) is 0 Å². The van der Waals surface area contributed by atoms with Crippen LogP contribution in [0.4, 0.5) is 9.59 Å². The first kappa shape index (κ1) is 8.34. The lowest BCUT2D eigenvalue weighted by Crippen LogP contribution is -2.39. The smallest absolute Gasteiger partial charge is 0.418 e. The van der Waals surface area contributed by atoms with Crippen molar-refractivity contribution >= 4 is 12.1 Å². The van der Waals surface area contributed by atoms with Gasteiger partial charge in [0.25, 0.3) is 0 Å². The molecular weight excluding hydrogens is 172 g/mol. The maximum absolute atomic E-state index is 11.3. The molecule has 1 heterocycles. The van der Waals surface area contributed by atoms with Crippen molar-refractivity contribution in [2.75, 3.05) is 7.11 Å². The molecule has 0 aromatic carbocycles. The molecular formula is C8H12N2O3. The lowest BCUT2D eigenvalue weighted by molar-refractivity contribution is 0.126. The maximum Gasteiger partial charge on any atom is 0.418 e. The summed E-state index contributed by atoms with van der Waals surface area (Å²) < 4.78 is 4.54. The van der Waals surface area contributed by atoms with Gasteiger partial charge in [0.15, 0.2) is 0 Å². The van der Waals surface area contributed by atoms with Crippen LogP contribution >= 0.6 is 0 Å².